The molecule has 42 heavy (non-hydrogen) atoms. The van der Waals surface area contributed by atoms with Gasteiger partial charge in [0.2, 0.25) is 0 Å². The first kappa shape index (κ1) is 28.3. The van der Waals surface area contributed by atoms with Gasteiger partial charge >= 0.3 is 0 Å². The third-order valence-electron chi connectivity index (χ3n) is 8.87. The van der Waals surface area contributed by atoms with Gasteiger partial charge in [0.15, 0.2) is 0 Å². The van der Waals surface area contributed by atoms with Crippen molar-refractivity contribution in [3.05, 3.63) is 125 Å². The van der Waals surface area contributed by atoms with E-state index in [4.69, 9.17) is 9.47 Å². The molecule has 218 valence electrons. The van der Waals surface area contributed by atoms with Crippen molar-refractivity contribution < 1.29 is 13.9 Å². The molecule has 0 spiro atoms. The lowest BCUT2D eigenvalue weighted by atomic mass is 9.88. The van der Waals surface area contributed by atoms with Crippen molar-refractivity contribution in [3.63, 3.8) is 0 Å². The van der Waals surface area contributed by atoms with Crippen LogP contribution in [0.5, 0.6) is 11.5 Å². The normalized spacial score (nSPS) is 18.9. The number of rotatable bonds is 10. The van der Waals surface area contributed by atoms with E-state index in [1.165, 1.54) is 42.5 Å². The summed E-state index contributed by atoms with van der Waals surface area (Å²) < 4.78 is 26.1. The second-order valence-corrected chi connectivity index (χ2v) is 11.7. The molecule has 1 saturated heterocycles. The van der Waals surface area contributed by atoms with Gasteiger partial charge in [-0.25, -0.2) is 4.39 Å². The van der Waals surface area contributed by atoms with Crippen molar-refractivity contribution in [1.82, 2.24) is 4.90 Å². The maximum absolute atomic E-state index is 13.8. The van der Waals surface area contributed by atoms with Crippen molar-refractivity contribution in [3.8, 4) is 11.5 Å². The zero-order valence-electron chi connectivity index (χ0n) is 24.6. The van der Waals surface area contributed by atoms with Gasteiger partial charge in [-0.1, -0.05) is 55.0 Å². The number of hydrogen-bond acceptors (Lipinski definition) is 4. The van der Waals surface area contributed by atoms with E-state index in [0.717, 1.165) is 55.2 Å². The summed E-state index contributed by atoms with van der Waals surface area (Å²) in [5.74, 6) is 1.61. The van der Waals surface area contributed by atoms with Crippen LogP contribution in [0.3, 0.4) is 0 Å². The molecule has 5 heteroatoms. The van der Waals surface area contributed by atoms with Crippen LogP contribution in [0.25, 0.3) is 0 Å². The van der Waals surface area contributed by atoms with Crippen LogP contribution in [-0.2, 0) is 19.4 Å². The Bertz CT molecular complexity index is 1420. The van der Waals surface area contributed by atoms with Crippen molar-refractivity contribution in [1.29, 1.82) is 0 Å². The number of benzene rings is 4. The first-order valence-electron chi connectivity index (χ1n) is 15.4. The highest BCUT2D eigenvalue weighted by Crippen LogP contribution is 2.38. The standard InChI is InChI=1S/C37H41FN2O2/c1-39-22-6-5-9-32(39)21-24-41-34-16-10-28(11-17-34)25-37-36-19-18-35(42-27-29-7-3-2-4-8-29)26-30(36)20-23-40(37)33-14-12-31(38)13-15-33/h2-4,7-8,10-19,26,32,37H,5-6,9,20-25,27H2,1H3. The molecule has 0 amide bonds. The van der Waals surface area contributed by atoms with Gasteiger partial charge in [-0.2, -0.15) is 0 Å². The maximum Gasteiger partial charge on any atom is 0.123 e. The highest BCUT2D eigenvalue weighted by Gasteiger charge is 2.28. The van der Waals surface area contributed by atoms with Gasteiger partial charge in [-0.05, 0) is 116 Å². The zero-order chi connectivity index (χ0) is 28.7. The average Bonchev–Trinajstić information content (AvgIpc) is 3.03. The first-order valence-corrected chi connectivity index (χ1v) is 15.4. The molecule has 1 fully saturated rings. The summed E-state index contributed by atoms with van der Waals surface area (Å²) in [6.45, 7) is 3.36. The number of halogens is 1. The fourth-order valence-corrected chi connectivity index (χ4v) is 6.45. The molecule has 2 unspecified atom stereocenters. The highest BCUT2D eigenvalue weighted by molar-refractivity contribution is 5.54. The summed E-state index contributed by atoms with van der Waals surface area (Å²) in [5.41, 5.74) is 6.07. The summed E-state index contributed by atoms with van der Waals surface area (Å²) in [4.78, 5) is 4.89. The number of likely N-dealkylation sites (tertiary alicyclic amines) is 1. The Hall–Kier alpha value is -3.83. The molecule has 4 aromatic rings. The predicted octanol–water partition coefficient (Wildman–Crippen LogP) is 8.00. The smallest absolute Gasteiger partial charge is 0.123 e. The molecule has 0 bridgehead atoms. The van der Waals surface area contributed by atoms with Gasteiger partial charge in [-0.3, -0.25) is 0 Å². The minimum atomic E-state index is -0.210. The number of piperidine rings is 1. The number of nitrogens with zero attached hydrogens (tertiary/aromatic N) is 2. The fraction of sp³-hybridized carbons (Fsp3) is 0.351. The van der Waals surface area contributed by atoms with Crippen molar-refractivity contribution in [2.45, 2.75) is 57.2 Å². The Morgan fingerprint density at radius 3 is 2.36 bits per heavy atom. The molecule has 0 aliphatic carbocycles. The van der Waals surface area contributed by atoms with Gasteiger partial charge in [0.25, 0.3) is 0 Å². The Labute approximate surface area is 249 Å². The van der Waals surface area contributed by atoms with E-state index in [1.807, 2.05) is 30.3 Å². The van der Waals surface area contributed by atoms with Crippen LogP contribution in [0.4, 0.5) is 10.1 Å². The SMILES string of the molecule is CN1CCCCC1CCOc1ccc(CC2c3ccc(OCc4ccccc4)cc3CCN2c2ccc(F)cc2)cc1. The molecule has 0 N–H and O–H groups in total. The number of hydrogen-bond donors (Lipinski definition) is 0. The summed E-state index contributed by atoms with van der Waals surface area (Å²) in [6.07, 6.45) is 6.73. The second-order valence-electron chi connectivity index (χ2n) is 11.7. The topological polar surface area (TPSA) is 24.9 Å². The van der Waals surface area contributed by atoms with Crippen LogP contribution in [0.1, 0.15) is 54.0 Å². The lowest BCUT2D eigenvalue weighted by Crippen LogP contribution is -2.37. The molecule has 0 aromatic heterocycles. The molecular formula is C37H41FN2O2. The minimum absolute atomic E-state index is 0.135. The van der Waals surface area contributed by atoms with E-state index < -0.39 is 0 Å². The summed E-state index contributed by atoms with van der Waals surface area (Å²) in [6, 6.07) is 33.0. The van der Waals surface area contributed by atoms with Crippen LogP contribution in [0.2, 0.25) is 0 Å². The third kappa shape index (κ3) is 6.96. The average molecular weight is 565 g/mol. The molecule has 4 aromatic carbocycles. The van der Waals surface area contributed by atoms with Gasteiger partial charge in [-0.15, -0.1) is 0 Å². The van der Waals surface area contributed by atoms with Crippen molar-refractivity contribution in [2.24, 2.45) is 0 Å². The molecular weight excluding hydrogens is 523 g/mol. The molecule has 2 atom stereocenters. The van der Waals surface area contributed by atoms with Crippen LogP contribution >= 0.6 is 0 Å². The first-order chi connectivity index (χ1) is 20.6. The van der Waals surface area contributed by atoms with E-state index in [0.29, 0.717) is 12.6 Å². The number of anilines is 1. The number of fused-ring (bicyclic) bond motifs is 1. The third-order valence-corrected chi connectivity index (χ3v) is 8.87. The second kappa shape index (κ2) is 13.4. The largest absolute Gasteiger partial charge is 0.494 e. The molecule has 2 heterocycles. The zero-order valence-corrected chi connectivity index (χ0v) is 24.6. The van der Waals surface area contributed by atoms with Gasteiger partial charge in [0.1, 0.15) is 23.9 Å². The maximum atomic E-state index is 13.8. The monoisotopic (exact) mass is 564 g/mol. The number of ether oxygens (including phenoxy) is 2. The predicted molar refractivity (Wildman–Crippen MR) is 168 cm³/mol. The van der Waals surface area contributed by atoms with Crippen molar-refractivity contribution in [2.75, 3.05) is 31.6 Å². The lowest BCUT2D eigenvalue weighted by molar-refractivity contribution is 0.153. The molecule has 2 aliphatic rings. The Morgan fingerprint density at radius 2 is 1.57 bits per heavy atom. The minimum Gasteiger partial charge on any atom is -0.494 e. The van der Waals surface area contributed by atoms with E-state index in [-0.39, 0.29) is 11.9 Å². The van der Waals surface area contributed by atoms with Gasteiger partial charge in [0.05, 0.1) is 12.6 Å². The van der Waals surface area contributed by atoms with Crippen LogP contribution < -0.4 is 14.4 Å². The Kier molecular flexibility index (Phi) is 9.05. The van der Waals surface area contributed by atoms with E-state index in [9.17, 15) is 4.39 Å². The Morgan fingerprint density at radius 1 is 0.786 bits per heavy atom. The Balaban J connectivity index is 1.16. The molecule has 2 aliphatic heterocycles. The van der Waals surface area contributed by atoms with E-state index in [2.05, 4.69) is 71.4 Å². The lowest BCUT2D eigenvalue weighted by Gasteiger charge is -2.39. The summed E-state index contributed by atoms with van der Waals surface area (Å²) in [7, 11) is 2.23. The van der Waals surface area contributed by atoms with Crippen molar-refractivity contribution >= 4 is 5.69 Å². The fourth-order valence-electron chi connectivity index (χ4n) is 6.45. The summed E-state index contributed by atoms with van der Waals surface area (Å²) >= 11 is 0. The summed E-state index contributed by atoms with van der Waals surface area (Å²) in [5, 5.41) is 0. The van der Waals surface area contributed by atoms with E-state index >= 15 is 0 Å². The van der Waals surface area contributed by atoms with Crippen LogP contribution in [0, 0.1) is 5.82 Å². The highest BCUT2D eigenvalue weighted by atomic mass is 19.1. The van der Waals surface area contributed by atoms with E-state index in [1.54, 1.807) is 12.1 Å². The molecule has 0 saturated carbocycles. The quantitative estimate of drug-likeness (QED) is 0.195. The molecule has 6 rings (SSSR count). The molecule has 0 radical (unpaired) electrons. The van der Waals surface area contributed by atoms with Crippen LogP contribution in [-0.4, -0.2) is 37.7 Å². The van der Waals surface area contributed by atoms with Gasteiger partial charge < -0.3 is 19.3 Å². The van der Waals surface area contributed by atoms with Crippen LogP contribution in [0.15, 0.2) is 97.1 Å². The molecule has 4 nitrogen and oxygen atoms in total. The van der Waals surface area contributed by atoms with Gasteiger partial charge in [0, 0.05) is 18.3 Å².